The van der Waals surface area contributed by atoms with Gasteiger partial charge in [-0.25, -0.2) is 4.90 Å². The molecule has 8 heteroatoms. The van der Waals surface area contributed by atoms with Crippen LogP contribution in [0, 0.1) is 0 Å². The van der Waals surface area contributed by atoms with Gasteiger partial charge < -0.3 is 10.6 Å². The zero-order valence-electron chi connectivity index (χ0n) is 17.5. The smallest absolute Gasteiger partial charge is 0.266 e. The quantitative estimate of drug-likeness (QED) is 0.523. The number of hydrogen-bond donors (Lipinski definition) is 2. The van der Waals surface area contributed by atoms with E-state index in [2.05, 4.69) is 10.6 Å². The number of carbonyl (C=O) groups excluding carboxylic acids is 4. The summed E-state index contributed by atoms with van der Waals surface area (Å²) in [5, 5.41) is 5.57. The summed E-state index contributed by atoms with van der Waals surface area (Å²) in [7, 11) is 0. The first kappa shape index (κ1) is 22.2. The summed E-state index contributed by atoms with van der Waals surface area (Å²) in [5.41, 5.74) is 2.21. The van der Waals surface area contributed by atoms with E-state index in [0.29, 0.717) is 16.8 Å². The van der Waals surface area contributed by atoms with Crippen molar-refractivity contribution in [2.24, 2.45) is 0 Å². The van der Waals surface area contributed by atoms with Crippen molar-refractivity contribution in [1.82, 2.24) is 5.32 Å². The zero-order valence-corrected chi connectivity index (χ0v) is 18.3. The number of anilines is 2. The Morgan fingerprint density at radius 3 is 2.09 bits per heavy atom. The van der Waals surface area contributed by atoms with Crippen LogP contribution in [0.25, 0.3) is 0 Å². The van der Waals surface area contributed by atoms with Gasteiger partial charge in [0, 0.05) is 18.7 Å². The Hall–Kier alpha value is -3.97. The van der Waals surface area contributed by atoms with E-state index in [9.17, 15) is 19.2 Å². The molecule has 1 heterocycles. The van der Waals surface area contributed by atoms with Gasteiger partial charge in [0.2, 0.25) is 11.8 Å². The number of benzene rings is 3. The highest BCUT2D eigenvalue weighted by molar-refractivity contribution is 6.40. The molecule has 4 rings (SSSR count). The van der Waals surface area contributed by atoms with Crippen LogP contribution in [0.1, 0.15) is 32.7 Å². The molecule has 1 aliphatic rings. The number of fused-ring (bicyclic) bond motifs is 1. The molecule has 0 radical (unpaired) electrons. The van der Waals surface area contributed by atoms with Crippen molar-refractivity contribution in [3.63, 3.8) is 0 Å². The first-order valence-corrected chi connectivity index (χ1v) is 10.7. The lowest BCUT2D eigenvalue weighted by Crippen LogP contribution is -2.30. The van der Waals surface area contributed by atoms with E-state index in [4.69, 9.17) is 11.6 Å². The SMILES string of the molecule is O=C(Cc1ccccc1)NCCC(=O)Nc1ccc(N2C(=O)c3ccccc3C2=O)c(Cl)c1. The van der Waals surface area contributed by atoms with Crippen LogP contribution in [-0.4, -0.2) is 30.2 Å². The van der Waals surface area contributed by atoms with Crippen LogP contribution in [0.15, 0.2) is 72.8 Å². The molecular weight excluding hydrogens is 442 g/mol. The number of halogens is 1. The number of nitrogens with one attached hydrogen (secondary N) is 2. The van der Waals surface area contributed by atoms with Gasteiger partial charge >= 0.3 is 0 Å². The second kappa shape index (κ2) is 9.67. The predicted octanol–water partition coefficient (Wildman–Crippen LogP) is 3.83. The van der Waals surface area contributed by atoms with Crippen molar-refractivity contribution in [3.8, 4) is 0 Å². The van der Waals surface area contributed by atoms with Gasteiger partial charge in [-0.2, -0.15) is 0 Å². The van der Waals surface area contributed by atoms with Crippen LogP contribution in [0.5, 0.6) is 0 Å². The number of carbonyl (C=O) groups is 4. The summed E-state index contributed by atoms with van der Waals surface area (Å²) in [5.74, 6) is -1.36. The van der Waals surface area contributed by atoms with E-state index in [1.807, 2.05) is 30.3 Å². The summed E-state index contributed by atoms with van der Waals surface area (Å²) in [4.78, 5) is 50.5. The molecule has 0 saturated heterocycles. The summed E-state index contributed by atoms with van der Waals surface area (Å²) in [6, 6.07) is 20.5. The van der Waals surface area contributed by atoms with Crippen molar-refractivity contribution < 1.29 is 19.2 Å². The zero-order chi connectivity index (χ0) is 23.4. The van der Waals surface area contributed by atoms with Crippen molar-refractivity contribution in [1.29, 1.82) is 0 Å². The number of imide groups is 1. The minimum absolute atomic E-state index is 0.0817. The fraction of sp³-hybridized carbons (Fsp3) is 0.120. The maximum Gasteiger partial charge on any atom is 0.266 e. The number of amides is 4. The molecule has 2 N–H and O–H groups in total. The summed E-state index contributed by atoms with van der Waals surface area (Å²) in [6.07, 6.45) is 0.329. The summed E-state index contributed by atoms with van der Waals surface area (Å²) < 4.78 is 0. The maximum absolute atomic E-state index is 12.7. The molecule has 0 bridgehead atoms. The van der Waals surface area contributed by atoms with E-state index in [1.165, 1.54) is 12.1 Å². The predicted molar refractivity (Wildman–Crippen MR) is 125 cm³/mol. The van der Waals surface area contributed by atoms with Gasteiger partial charge in [0.15, 0.2) is 0 Å². The Kier molecular flexibility index (Phi) is 6.51. The Labute approximate surface area is 195 Å². The summed E-state index contributed by atoms with van der Waals surface area (Å²) in [6.45, 7) is 0.193. The molecule has 1 aliphatic heterocycles. The third-order valence-corrected chi connectivity index (χ3v) is 5.45. The van der Waals surface area contributed by atoms with Crippen molar-refractivity contribution in [3.05, 3.63) is 94.5 Å². The lowest BCUT2D eigenvalue weighted by molar-refractivity contribution is -0.120. The molecule has 33 heavy (non-hydrogen) atoms. The van der Waals surface area contributed by atoms with Crippen LogP contribution in [0.4, 0.5) is 11.4 Å². The Morgan fingerprint density at radius 1 is 0.818 bits per heavy atom. The van der Waals surface area contributed by atoms with Gasteiger partial charge in [-0.05, 0) is 35.9 Å². The fourth-order valence-corrected chi connectivity index (χ4v) is 3.82. The molecule has 4 amide bonds. The number of nitrogens with zero attached hydrogens (tertiary/aromatic N) is 1. The van der Waals surface area contributed by atoms with E-state index in [0.717, 1.165) is 10.5 Å². The third-order valence-electron chi connectivity index (χ3n) is 5.15. The fourth-order valence-electron chi connectivity index (χ4n) is 3.56. The number of hydrogen-bond acceptors (Lipinski definition) is 4. The standard InChI is InChI=1S/C25H20ClN3O4/c26-20-15-17(28-22(30)12-13-27-23(31)14-16-6-2-1-3-7-16)10-11-21(20)29-24(32)18-8-4-5-9-19(18)25(29)33/h1-11,15H,12-14H2,(H,27,31)(H,28,30). The Balaban J connectivity index is 1.32. The largest absolute Gasteiger partial charge is 0.355 e. The number of rotatable bonds is 7. The van der Waals surface area contributed by atoms with Crippen molar-refractivity contribution in [2.75, 3.05) is 16.8 Å². The second-order valence-corrected chi connectivity index (χ2v) is 7.88. The highest BCUT2D eigenvalue weighted by Gasteiger charge is 2.37. The molecule has 0 unspecified atom stereocenters. The molecule has 3 aromatic rings. The first-order valence-electron chi connectivity index (χ1n) is 10.3. The molecule has 0 atom stereocenters. The minimum atomic E-state index is -0.444. The second-order valence-electron chi connectivity index (χ2n) is 7.47. The van der Waals surface area contributed by atoms with E-state index in [1.54, 1.807) is 30.3 Å². The Morgan fingerprint density at radius 2 is 1.45 bits per heavy atom. The van der Waals surface area contributed by atoms with E-state index < -0.39 is 11.8 Å². The average molecular weight is 462 g/mol. The normalized spacial score (nSPS) is 12.5. The van der Waals surface area contributed by atoms with Crippen LogP contribution < -0.4 is 15.5 Å². The molecule has 7 nitrogen and oxygen atoms in total. The minimum Gasteiger partial charge on any atom is -0.355 e. The molecule has 0 spiro atoms. The molecule has 0 aliphatic carbocycles. The van der Waals surface area contributed by atoms with Crippen LogP contribution in [0.2, 0.25) is 5.02 Å². The van der Waals surface area contributed by atoms with E-state index >= 15 is 0 Å². The van der Waals surface area contributed by atoms with Crippen LogP contribution >= 0.6 is 11.6 Å². The lowest BCUT2D eigenvalue weighted by Gasteiger charge is -2.16. The van der Waals surface area contributed by atoms with Crippen molar-refractivity contribution >= 4 is 46.6 Å². The summed E-state index contributed by atoms with van der Waals surface area (Å²) >= 11 is 6.33. The maximum atomic E-state index is 12.7. The highest BCUT2D eigenvalue weighted by Crippen LogP contribution is 2.34. The van der Waals surface area contributed by atoms with Crippen LogP contribution in [-0.2, 0) is 16.0 Å². The molecular formula is C25H20ClN3O4. The van der Waals surface area contributed by atoms with Crippen molar-refractivity contribution in [2.45, 2.75) is 12.8 Å². The van der Waals surface area contributed by atoms with Gasteiger partial charge in [-0.1, -0.05) is 54.1 Å². The van der Waals surface area contributed by atoms with Gasteiger partial charge in [-0.15, -0.1) is 0 Å². The van der Waals surface area contributed by atoms with Gasteiger partial charge in [0.1, 0.15) is 0 Å². The molecule has 0 saturated carbocycles. The van der Waals surface area contributed by atoms with Gasteiger partial charge in [0.05, 0.1) is 28.3 Å². The highest BCUT2D eigenvalue weighted by atomic mass is 35.5. The van der Waals surface area contributed by atoms with Gasteiger partial charge in [-0.3, -0.25) is 19.2 Å². The van der Waals surface area contributed by atoms with Crippen LogP contribution in [0.3, 0.4) is 0 Å². The van der Waals surface area contributed by atoms with E-state index in [-0.39, 0.29) is 41.9 Å². The third kappa shape index (κ3) is 4.94. The molecule has 0 aromatic heterocycles. The average Bonchev–Trinajstić information content (AvgIpc) is 3.05. The monoisotopic (exact) mass is 461 g/mol. The lowest BCUT2D eigenvalue weighted by atomic mass is 10.1. The van der Waals surface area contributed by atoms with Gasteiger partial charge in [0.25, 0.3) is 11.8 Å². The first-order chi connectivity index (χ1) is 15.9. The topological polar surface area (TPSA) is 95.6 Å². The molecule has 0 fully saturated rings. The Bertz CT molecular complexity index is 1210. The molecule has 166 valence electrons. The molecule has 3 aromatic carbocycles.